The average Bonchev–Trinajstić information content (AvgIpc) is 2.88. The van der Waals surface area contributed by atoms with Gasteiger partial charge >= 0.3 is 12.1 Å². The zero-order valence-corrected chi connectivity index (χ0v) is 14.0. The molecule has 0 fully saturated rings. The van der Waals surface area contributed by atoms with Crippen LogP contribution in [0, 0.1) is 6.92 Å². The van der Waals surface area contributed by atoms with Crippen LogP contribution in [-0.4, -0.2) is 21.9 Å². The number of nitrogens with one attached hydrogen (secondary N) is 2. The normalized spacial score (nSPS) is 12.6. The van der Waals surface area contributed by atoms with Crippen molar-refractivity contribution in [2.75, 3.05) is 5.32 Å². The number of amides is 1. The molecular formula is C16H22N4O3. The summed E-state index contributed by atoms with van der Waals surface area (Å²) in [5.41, 5.74) is 1.39. The van der Waals surface area contributed by atoms with Crippen LogP contribution in [0.4, 0.5) is 16.5 Å². The van der Waals surface area contributed by atoms with Crippen molar-refractivity contribution in [3.63, 3.8) is 0 Å². The van der Waals surface area contributed by atoms with E-state index in [0.29, 0.717) is 5.89 Å². The second-order valence-electron chi connectivity index (χ2n) is 6.25. The standard InChI is InChI=1S/C16H22N4O3/c1-10-8-6-7-9-12(10)18-14-20-19-13(22-14)11(2)17-15(21)23-16(3,4)5/h6-9,11H,1-5H3,(H,17,21)(H,18,20)/t11-/m0/s1. The zero-order valence-electron chi connectivity index (χ0n) is 14.0. The number of rotatable bonds is 4. The number of aryl methyl sites for hydroxylation is 1. The summed E-state index contributed by atoms with van der Waals surface area (Å²) in [4.78, 5) is 11.7. The van der Waals surface area contributed by atoms with E-state index in [1.165, 1.54) is 0 Å². The van der Waals surface area contributed by atoms with E-state index >= 15 is 0 Å². The summed E-state index contributed by atoms with van der Waals surface area (Å²) in [5.74, 6) is 0.298. The number of carbonyl (C=O) groups is 1. The number of alkyl carbamates (subject to hydrolysis) is 1. The Morgan fingerprint density at radius 3 is 2.61 bits per heavy atom. The molecule has 1 heterocycles. The maximum atomic E-state index is 11.7. The molecule has 1 amide bonds. The van der Waals surface area contributed by atoms with Crippen molar-refractivity contribution < 1.29 is 13.9 Å². The minimum absolute atomic E-state index is 0.270. The van der Waals surface area contributed by atoms with E-state index in [0.717, 1.165) is 11.3 Å². The summed E-state index contributed by atoms with van der Waals surface area (Å²) in [5, 5.41) is 13.6. The predicted molar refractivity (Wildman–Crippen MR) is 86.5 cm³/mol. The Morgan fingerprint density at radius 2 is 1.96 bits per heavy atom. The first kappa shape index (κ1) is 16.8. The van der Waals surface area contributed by atoms with Gasteiger partial charge in [-0.3, -0.25) is 0 Å². The van der Waals surface area contributed by atoms with Crippen molar-refractivity contribution >= 4 is 17.8 Å². The molecule has 7 heteroatoms. The number of nitrogens with zero attached hydrogens (tertiary/aromatic N) is 2. The number of aromatic nitrogens is 2. The van der Waals surface area contributed by atoms with Crippen LogP contribution >= 0.6 is 0 Å². The molecule has 0 aliphatic rings. The molecule has 1 atom stereocenters. The fourth-order valence-corrected chi connectivity index (χ4v) is 1.83. The molecule has 23 heavy (non-hydrogen) atoms. The Morgan fingerprint density at radius 1 is 1.26 bits per heavy atom. The van der Waals surface area contributed by atoms with Crippen molar-refractivity contribution in [2.45, 2.75) is 46.3 Å². The molecule has 0 saturated heterocycles. The number of hydrogen-bond acceptors (Lipinski definition) is 6. The number of carbonyl (C=O) groups excluding carboxylic acids is 1. The van der Waals surface area contributed by atoms with E-state index < -0.39 is 17.7 Å². The summed E-state index contributed by atoms with van der Waals surface area (Å²) in [6.07, 6.45) is -0.531. The second kappa shape index (κ2) is 6.68. The van der Waals surface area contributed by atoms with Crippen molar-refractivity contribution in [3.05, 3.63) is 35.7 Å². The first-order valence-corrected chi connectivity index (χ1v) is 7.40. The lowest BCUT2D eigenvalue weighted by molar-refractivity contribution is 0.0501. The van der Waals surface area contributed by atoms with Crippen molar-refractivity contribution in [1.29, 1.82) is 0 Å². The number of ether oxygens (including phenoxy) is 1. The fraction of sp³-hybridized carbons (Fsp3) is 0.438. The lowest BCUT2D eigenvalue weighted by atomic mass is 10.2. The molecule has 7 nitrogen and oxygen atoms in total. The average molecular weight is 318 g/mol. The Kier molecular flexibility index (Phi) is 4.88. The number of para-hydroxylation sites is 1. The monoisotopic (exact) mass is 318 g/mol. The first-order valence-electron chi connectivity index (χ1n) is 7.40. The van der Waals surface area contributed by atoms with Gasteiger partial charge in [0, 0.05) is 5.69 Å². The number of benzene rings is 1. The van der Waals surface area contributed by atoms with Crippen LogP contribution in [0.25, 0.3) is 0 Å². The van der Waals surface area contributed by atoms with Gasteiger partial charge in [-0.2, -0.15) is 0 Å². The molecule has 2 rings (SSSR count). The van der Waals surface area contributed by atoms with E-state index in [1.54, 1.807) is 27.7 Å². The fourth-order valence-electron chi connectivity index (χ4n) is 1.83. The van der Waals surface area contributed by atoms with Gasteiger partial charge in [-0.1, -0.05) is 23.3 Å². The Balaban J connectivity index is 1.99. The lowest BCUT2D eigenvalue weighted by Gasteiger charge is -2.20. The summed E-state index contributed by atoms with van der Waals surface area (Å²) >= 11 is 0. The Labute approximate surface area is 135 Å². The van der Waals surface area contributed by atoms with Gasteiger partial charge in [-0.25, -0.2) is 4.79 Å². The highest BCUT2D eigenvalue weighted by atomic mass is 16.6. The van der Waals surface area contributed by atoms with Gasteiger partial charge in [0.2, 0.25) is 5.89 Å². The molecule has 0 spiro atoms. The SMILES string of the molecule is Cc1ccccc1Nc1nnc([C@H](C)NC(=O)OC(C)(C)C)o1. The van der Waals surface area contributed by atoms with Gasteiger partial charge in [-0.15, -0.1) is 5.10 Å². The van der Waals surface area contributed by atoms with Crippen molar-refractivity contribution in [3.8, 4) is 0 Å². The highest BCUT2D eigenvalue weighted by Crippen LogP contribution is 2.21. The zero-order chi connectivity index (χ0) is 17.0. The third kappa shape index (κ3) is 4.98. The first-order chi connectivity index (χ1) is 10.7. The number of hydrogen-bond donors (Lipinski definition) is 2. The van der Waals surface area contributed by atoms with Crippen LogP contribution in [-0.2, 0) is 4.74 Å². The molecule has 124 valence electrons. The molecule has 1 aromatic heterocycles. The summed E-state index contributed by atoms with van der Waals surface area (Å²) < 4.78 is 10.7. The highest BCUT2D eigenvalue weighted by Gasteiger charge is 2.21. The Bertz CT molecular complexity index is 676. The lowest BCUT2D eigenvalue weighted by Crippen LogP contribution is -2.34. The molecule has 2 N–H and O–H groups in total. The maximum absolute atomic E-state index is 11.7. The summed E-state index contributed by atoms with van der Waals surface area (Å²) in [6, 6.07) is 7.58. The quantitative estimate of drug-likeness (QED) is 0.893. The molecule has 0 saturated carbocycles. The third-order valence-electron chi connectivity index (χ3n) is 2.93. The predicted octanol–water partition coefficient (Wildman–Crippen LogP) is 3.71. The van der Waals surface area contributed by atoms with Crippen LogP contribution in [0.3, 0.4) is 0 Å². The van der Waals surface area contributed by atoms with Crippen molar-refractivity contribution in [1.82, 2.24) is 15.5 Å². The Hall–Kier alpha value is -2.57. The van der Waals surface area contributed by atoms with Crippen LogP contribution in [0.15, 0.2) is 28.7 Å². The maximum Gasteiger partial charge on any atom is 0.408 e. The molecular weight excluding hydrogens is 296 g/mol. The van der Waals surface area contributed by atoms with E-state index in [4.69, 9.17) is 9.15 Å². The molecule has 1 aromatic carbocycles. The van der Waals surface area contributed by atoms with E-state index in [1.807, 2.05) is 31.2 Å². The second-order valence-corrected chi connectivity index (χ2v) is 6.25. The van der Waals surface area contributed by atoms with Gasteiger partial charge in [-0.05, 0) is 46.2 Å². The van der Waals surface area contributed by atoms with E-state index in [2.05, 4.69) is 20.8 Å². The van der Waals surface area contributed by atoms with E-state index in [9.17, 15) is 4.79 Å². The largest absolute Gasteiger partial charge is 0.444 e. The van der Waals surface area contributed by atoms with Crippen LogP contribution in [0.5, 0.6) is 0 Å². The minimum atomic E-state index is -0.559. The molecule has 2 aromatic rings. The van der Waals surface area contributed by atoms with Gasteiger partial charge < -0.3 is 19.8 Å². The molecule has 0 bridgehead atoms. The van der Waals surface area contributed by atoms with Gasteiger partial charge in [0.25, 0.3) is 0 Å². The molecule has 0 aliphatic carbocycles. The molecule has 0 unspecified atom stereocenters. The molecule has 0 radical (unpaired) electrons. The van der Waals surface area contributed by atoms with E-state index in [-0.39, 0.29) is 6.01 Å². The third-order valence-corrected chi connectivity index (χ3v) is 2.93. The van der Waals surface area contributed by atoms with Crippen molar-refractivity contribution in [2.24, 2.45) is 0 Å². The van der Waals surface area contributed by atoms with Crippen LogP contribution in [0.1, 0.15) is 45.2 Å². The van der Waals surface area contributed by atoms with Crippen LogP contribution < -0.4 is 10.6 Å². The minimum Gasteiger partial charge on any atom is -0.444 e. The smallest absolute Gasteiger partial charge is 0.408 e. The van der Waals surface area contributed by atoms with Gasteiger partial charge in [0.15, 0.2) is 0 Å². The topological polar surface area (TPSA) is 89.3 Å². The van der Waals surface area contributed by atoms with Gasteiger partial charge in [0.05, 0.1) is 0 Å². The number of anilines is 2. The summed E-state index contributed by atoms with van der Waals surface area (Å²) in [6.45, 7) is 9.12. The highest BCUT2D eigenvalue weighted by molar-refractivity contribution is 5.68. The summed E-state index contributed by atoms with van der Waals surface area (Å²) in [7, 11) is 0. The van der Waals surface area contributed by atoms with Crippen LogP contribution in [0.2, 0.25) is 0 Å². The molecule has 0 aliphatic heterocycles. The van der Waals surface area contributed by atoms with Gasteiger partial charge in [0.1, 0.15) is 11.6 Å².